The van der Waals surface area contributed by atoms with Crippen LogP contribution in [0.3, 0.4) is 0 Å². The number of para-hydroxylation sites is 3. The summed E-state index contributed by atoms with van der Waals surface area (Å²) in [6, 6.07) is 58.1. The zero-order chi connectivity index (χ0) is 33.1. The first kappa shape index (κ1) is 28.0. The molecular weight excluding hydrogens is 625 g/mol. The molecule has 0 amide bonds. The number of hydrogen-bond donors (Lipinski definition) is 0. The van der Waals surface area contributed by atoms with Crippen LogP contribution in [0.25, 0.3) is 69.6 Å². The molecular formula is C47H32N2S. The van der Waals surface area contributed by atoms with Crippen molar-refractivity contribution in [2.75, 3.05) is 4.90 Å². The van der Waals surface area contributed by atoms with Crippen LogP contribution in [0.1, 0.15) is 25.0 Å². The summed E-state index contributed by atoms with van der Waals surface area (Å²) >= 11 is 1.92. The lowest BCUT2D eigenvalue weighted by Gasteiger charge is -2.27. The molecule has 8 aromatic carbocycles. The van der Waals surface area contributed by atoms with E-state index in [1.54, 1.807) is 0 Å². The lowest BCUT2D eigenvalue weighted by molar-refractivity contribution is 0.664. The zero-order valence-electron chi connectivity index (χ0n) is 27.8. The average Bonchev–Trinajstić information content (AvgIpc) is 3.78. The summed E-state index contributed by atoms with van der Waals surface area (Å²) in [4.78, 5) is 2.37. The Morgan fingerprint density at radius 2 is 1.14 bits per heavy atom. The summed E-state index contributed by atoms with van der Waals surface area (Å²) < 4.78 is 5.30. The van der Waals surface area contributed by atoms with Crippen molar-refractivity contribution >= 4 is 81.1 Å². The van der Waals surface area contributed by atoms with E-state index in [1.165, 1.54) is 80.7 Å². The Balaban J connectivity index is 1.27. The van der Waals surface area contributed by atoms with Gasteiger partial charge in [0.2, 0.25) is 0 Å². The lowest BCUT2D eigenvalue weighted by Crippen LogP contribution is -2.17. The summed E-state index contributed by atoms with van der Waals surface area (Å²) in [6.07, 6.45) is 0. The molecule has 2 aromatic heterocycles. The molecule has 2 heterocycles. The Labute approximate surface area is 294 Å². The maximum Gasteiger partial charge on any atom is 0.0726 e. The second kappa shape index (κ2) is 10.1. The van der Waals surface area contributed by atoms with Crippen molar-refractivity contribution in [1.29, 1.82) is 0 Å². The first-order valence-electron chi connectivity index (χ1n) is 17.4. The molecule has 1 aliphatic rings. The molecule has 0 aliphatic heterocycles. The summed E-state index contributed by atoms with van der Waals surface area (Å²) in [5, 5.41) is 8.02. The maximum atomic E-state index is 2.61. The molecule has 0 atom stereocenters. The molecule has 0 saturated carbocycles. The third-order valence-electron chi connectivity index (χ3n) is 11.0. The van der Waals surface area contributed by atoms with Crippen LogP contribution in [0.2, 0.25) is 0 Å². The van der Waals surface area contributed by atoms with Crippen LogP contribution in [0.15, 0.2) is 158 Å². The van der Waals surface area contributed by atoms with E-state index in [-0.39, 0.29) is 5.41 Å². The predicted octanol–water partition coefficient (Wildman–Crippen LogP) is 13.5. The fourth-order valence-electron chi connectivity index (χ4n) is 8.92. The van der Waals surface area contributed by atoms with Gasteiger partial charge in [-0.1, -0.05) is 105 Å². The standard InChI is InChI=1S/C47H32N2S/c1-47(2)39-25-24-34(48(31-14-6-3-7-15-31)32-16-8-4-9-17-32)28-36(39)37-26-29-22-23-30-27-38-35-20-12-13-21-40(35)50-46(38)45-42(30)41(29)44(43(37)47)49(45)33-18-10-5-11-19-33/h3-28H,1-2H3. The predicted molar refractivity (Wildman–Crippen MR) is 215 cm³/mol. The van der Waals surface area contributed by atoms with Gasteiger partial charge in [-0.3, -0.25) is 0 Å². The first-order valence-corrected chi connectivity index (χ1v) is 18.2. The van der Waals surface area contributed by atoms with Gasteiger partial charge >= 0.3 is 0 Å². The summed E-state index contributed by atoms with van der Waals surface area (Å²) in [7, 11) is 0. The van der Waals surface area contributed by atoms with Gasteiger partial charge in [-0.05, 0) is 99.8 Å². The van der Waals surface area contributed by atoms with Gasteiger partial charge in [0, 0.05) is 54.4 Å². The Bertz CT molecular complexity index is 2890. The van der Waals surface area contributed by atoms with Crippen molar-refractivity contribution in [3.63, 3.8) is 0 Å². The van der Waals surface area contributed by atoms with Crippen LogP contribution in [-0.4, -0.2) is 4.57 Å². The molecule has 236 valence electrons. The van der Waals surface area contributed by atoms with E-state index in [0.29, 0.717) is 0 Å². The Kier molecular flexibility index (Phi) is 5.64. The molecule has 11 rings (SSSR count). The highest BCUT2D eigenvalue weighted by atomic mass is 32.1. The van der Waals surface area contributed by atoms with E-state index in [0.717, 1.165) is 17.1 Å². The van der Waals surface area contributed by atoms with Gasteiger partial charge in [0.05, 0.1) is 15.7 Å². The third kappa shape index (κ3) is 3.68. The number of aromatic nitrogens is 1. The fourth-order valence-corrected chi connectivity index (χ4v) is 10.1. The quantitative estimate of drug-likeness (QED) is 0.171. The highest BCUT2D eigenvalue weighted by Gasteiger charge is 2.40. The molecule has 0 N–H and O–H groups in total. The molecule has 0 unspecified atom stereocenters. The molecule has 0 spiro atoms. The second-order valence-electron chi connectivity index (χ2n) is 14.1. The molecule has 1 aliphatic carbocycles. The fraction of sp³-hybridized carbons (Fsp3) is 0.0638. The Hall–Kier alpha value is -5.90. The number of anilines is 3. The minimum Gasteiger partial charge on any atom is -0.310 e. The number of benzene rings is 8. The van der Waals surface area contributed by atoms with Gasteiger partial charge in [-0.2, -0.15) is 0 Å². The minimum atomic E-state index is -0.215. The van der Waals surface area contributed by atoms with E-state index < -0.39 is 0 Å². The SMILES string of the molecule is CC1(C)c2ccc(N(c3ccccc3)c3ccccc3)cc2-c2cc3ccc4cc5c6ccccc6sc5c5c4c3c(c21)n5-c1ccccc1. The lowest BCUT2D eigenvalue weighted by atomic mass is 9.81. The normalized spacial score (nSPS) is 13.6. The maximum absolute atomic E-state index is 2.61. The van der Waals surface area contributed by atoms with E-state index in [4.69, 9.17) is 0 Å². The van der Waals surface area contributed by atoms with Gasteiger partial charge in [0.25, 0.3) is 0 Å². The molecule has 0 bridgehead atoms. The number of rotatable bonds is 4. The molecule has 0 radical (unpaired) electrons. The minimum absolute atomic E-state index is 0.215. The first-order chi connectivity index (χ1) is 24.6. The van der Waals surface area contributed by atoms with Crippen LogP contribution in [0.4, 0.5) is 17.1 Å². The van der Waals surface area contributed by atoms with Crippen molar-refractivity contribution in [2.45, 2.75) is 19.3 Å². The molecule has 3 heteroatoms. The Morgan fingerprint density at radius 3 is 1.86 bits per heavy atom. The van der Waals surface area contributed by atoms with Crippen molar-refractivity contribution in [3.8, 4) is 16.8 Å². The molecule has 0 saturated heterocycles. The largest absolute Gasteiger partial charge is 0.310 e. The highest BCUT2D eigenvalue weighted by Crippen LogP contribution is 2.57. The monoisotopic (exact) mass is 656 g/mol. The number of thiophene rings is 1. The molecule has 0 fully saturated rings. The van der Waals surface area contributed by atoms with Gasteiger partial charge in [0.15, 0.2) is 0 Å². The summed E-state index contributed by atoms with van der Waals surface area (Å²) in [5.41, 5.74) is 12.5. The van der Waals surface area contributed by atoms with Crippen LogP contribution >= 0.6 is 11.3 Å². The number of fused-ring (bicyclic) bond motifs is 8. The van der Waals surface area contributed by atoms with E-state index in [9.17, 15) is 0 Å². The average molecular weight is 657 g/mol. The summed E-state index contributed by atoms with van der Waals surface area (Å²) in [6.45, 7) is 4.85. The van der Waals surface area contributed by atoms with Crippen molar-refractivity contribution < 1.29 is 0 Å². The molecule has 2 nitrogen and oxygen atoms in total. The van der Waals surface area contributed by atoms with Gasteiger partial charge in [-0.15, -0.1) is 11.3 Å². The van der Waals surface area contributed by atoms with Gasteiger partial charge in [0.1, 0.15) is 0 Å². The molecule has 50 heavy (non-hydrogen) atoms. The molecule has 10 aromatic rings. The third-order valence-corrected chi connectivity index (χ3v) is 12.2. The van der Waals surface area contributed by atoms with Crippen LogP contribution < -0.4 is 4.90 Å². The van der Waals surface area contributed by atoms with E-state index >= 15 is 0 Å². The van der Waals surface area contributed by atoms with Crippen LogP contribution in [-0.2, 0) is 5.41 Å². The Morgan fingerprint density at radius 1 is 0.520 bits per heavy atom. The van der Waals surface area contributed by atoms with E-state index in [1.807, 2.05) is 11.3 Å². The van der Waals surface area contributed by atoms with Crippen molar-refractivity contribution in [3.05, 3.63) is 169 Å². The van der Waals surface area contributed by atoms with Gasteiger partial charge in [-0.25, -0.2) is 0 Å². The topological polar surface area (TPSA) is 8.17 Å². The summed E-state index contributed by atoms with van der Waals surface area (Å²) in [5.74, 6) is 0. The smallest absolute Gasteiger partial charge is 0.0726 e. The van der Waals surface area contributed by atoms with Crippen molar-refractivity contribution in [1.82, 2.24) is 4.57 Å². The van der Waals surface area contributed by atoms with E-state index in [2.05, 4.69) is 181 Å². The number of hydrogen-bond acceptors (Lipinski definition) is 2. The number of nitrogens with zero attached hydrogens (tertiary/aromatic N) is 2. The highest BCUT2D eigenvalue weighted by molar-refractivity contribution is 7.26. The zero-order valence-corrected chi connectivity index (χ0v) is 28.6. The second-order valence-corrected chi connectivity index (χ2v) is 15.2. The van der Waals surface area contributed by atoms with Gasteiger partial charge < -0.3 is 9.47 Å². The van der Waals surface area contributed by atoms with Crippen molar-refractivity contribution in [2.24, 2.45) is 0 Å². The van der Waals surface area contributed by atoms with Crippen LogP contribution in [0.5, 0.6) is 0 Å². The van der Waals surface area contributed by atoms with Crippen LogP contribution in [0, 0.1) is 0 Å².